The monoisotopic (exact) mass is 405 g/mol. The minimum absolute atomic E-state index is 0.106. The third-order valence-corrected chi connectivity index (χ3v) is 4.95. The maximum Gasteiger partial charge on any atom is 0.269 e. The van der Waals surface area contributed by atoms with Gasteiger partial charge in [-0.2, -0.15) is 5.26 Å². The van der Waals surface area contributed by atoms with Crippen LogP contribution in [-0.2, 0) is 20.8 Å². The van der Waals surface area contributed by atoms with E-state index in [2.05, 4.69) is 5.32 Å². The van der Waals surface area contributed by atoms with E-state index in [4.69, 9.17) is 13.9 Å². The summed E-state index contributed by atoms with van der Waals surface area (Å²) in [5.74, 6) is 0.724. The number of amides is 1. The van der Waals surface area contributed by atoms with Crippen LogP contribution < -0.4 is 20.1 Å². The second kappa shape index (κ2) is 10.6. The Labute approximate surface area is 166 Å². The minimum Gasteiger partial charge on any atom is -0.462 e. The zero-order valence-corrected chi connectivity index (χ0v) is 16.9. The van der Waals surface area contributed by atoms with Crippen molar-refractivity contribution in [2.75, 3.05) is 34.0 Å². The number of nitrogens with one attached hydrogen (secondary N) is 1. The number of aryl methyl sites for hydroxylation is 1. The highest BCUT2D eigenvalue weighted by molar-refractivity contribution is 7.07. The molecule has 150 valence electrons. The Balaban J connectivity index is 2.58. The summed E-state index contributed by atoms with van der Waals surface area (Å²) in [6.07, 6.45) is 2.19. The minimum atomic E-state index is -0.540. The van der Waals surface area contributed by atoms with Crippen LogP contribution in [-0.4, -0.2) is 44.5 Å². The second-order valence-corrected chi connectivity index (χ2v) is 6.93. The van der Waals surface area contributed by atoms with Gasteiger partial charge in [-0.3, -0.25) is 14.2 Å². The molecule has 2 heterocycles. The maximum atomic E-state index is 12.9. The van der Waals surface area contributed by atoms with Crippen molar-refractivity contribution in [3.8, 4) is 6.07 Å². The molecule has 0 fully saturated rings. The smallest absolute Gasteiger partial charge is 0.269 e. The average molecular weight is 405 g/mol. The van der Waals surface area contributed by atoms with Gasteiger partial charge in [0.25, 0.3) is 11.5 Å². The highest BCUT2D eigenvalue weighted by Crippen LogP contribution is 2.06. The number of ether oxygens (including phenoxy) is 2. The number of hydrogen-bond acceptors (Lipinski definition) is 7. The lowest BCUT2D eigenvalue weighted by molar-refractivity contribution is -0.115. The summed E-state index contributed by atoms with van der Waals surface area (Å²) < 4.78 is 17.6. The number of hydrogen-bond donors (Lipinski definition) is 1. The molecule has 2 aromatic heterocycles. The number of furan rings is 1. The van der Waals surface area contributed by atoms with Gasteiger partial charge >= 0.3 is 0 Å². The summed E-state index contributed by atoms with van der Waals surface area (Å²) in [5.41, 5.74) is -0.381. The van der Waals surface area contributed by atoms with Crippen LogP contribution >= 0.6 is 11.3 Å². The third-order valence-electron chi connectivity index (χ3n) is 3.82. The van der Waals surface area contributed by atoms with Crippen LogP contribution in [0.5, 0.6) is 0 Å². The fourth-order valence-electron chi connectivity index (χ4n) is 2.49. The van der Waals surface area contributed by atoms with Crippen LogP contribution in [0.15, 0.2) is 21.3 Å². The molecular weight excluding hydrogens is 382 g/mol. The van der Waals surface area contributed by atoms with Gasteiger partial charge in [0.1, 0.15) is 22.3 Å². The van der Waals surface area contributed by atoms with Gasteiger partial charge < -0.3 is 19.2 Å². The highest BCUT2D eigenvalue weighted by atomic mass is 32.1. The van der Waals surface area contributed by atoms with Crippen molar-refractivity contribution in [1.29, 1.82) is 5.26 Å². The summed E-state index contributed by atoms with van der Waals surface area (Å²) in [4.78, 5) is 25.3. The molecule has 1 amide bonds. The molecule has 0 aliphatic rings. The van der Waals surface area contributed by atoms with Gasteiger partial charge in [-0.1, -0.05) is 0 Å². The molecule has 0 saturated carbocycles. The predicted octanol–water partition coefficient (Wildman–Crippen LogP) is 0.113. The van der Waals surface area contributed by atoms with Crippen molar-refractivity contribution in [3.63, 3.8) is 0 Å². The van der Waals surface area contributed by atoms with Crippen molar-refractivity contribution in [3.05, 3.63) is 43.2 Å². The Bertz CT molecular complexity index is 1030. The Morgan fingerprint density at radius 1 is 1.36 bits per heavy atom. The highest BCUT2D eigenvalue weighted by Gasteiger charge is 2.15. The summed E-state index contributed by atoms with van der Waals surface area (Å²) in [5, 5.41) is 12.2. The van der Waals surface area contributed by atoms with Crippen molar-refractivity contribution >= 4 is 28.9 Å². The molecule has 1 N–H and O–H groups in total. The third kappa shape index (κ3) is 5.42. The van der Waals surface area contributed by atoms with Gasteiger partial charge in [0, 0.05) is 40.0 Å². The fourth-order valence-corrected chi connectivity index (χ4v) is 3.59. The zero-order valence-electron chi connectivity index (χ0n) is 16.1. The predicted molar refractivity (Wildman–Crippen MR) is 105 cm³/mol. The molecule has 0 saturated heterocycles. The molecule has 0 aliphatic carbocycles. The Morgan fingerprint density at radius 2 is 2.11 bits per heavy atom. The van der Waals surface area contributed by atoms with Crippen molar-refractivity contribution in [2.24, 2.45) is 0 Å². The van der Waals surface area contributed by atoms with Gasteiger partial charge in [-0.05, 0) is 25.5 Å². The topological polar surface area (TPSA) is 106 Å². The van der Waals surface area contributed by atoms with E-state index in [0.717, 1.165) is 17.1 Å². The molecule has 0 aromatic carbocycles. The Hall–Kier alpha value is -2.67. The molecule has 0 aliphatic heterocycles. The summed E-state index contributed by atoms with van der Waals surface area (Å²) in [7, 11) is 3.10. The summed E-state index contributed by atoms with van der Waals surface area (Å²) in [6, 6.07) is 5.49. The quantitative estimate of drug-likeness (QED) is 0.594. The van der Waals surface area contributed by atoms with E-state index < -0.39 is 5.91 Å². The number of carbonyl (C=O) groups excluding carboxylic acids is 1. The number of methoxy groups -OCH3 is 2. The van der Waals surface area contributed by atoms with Crippen LogP contribution in [0.2, 0.25) is 0 Å². The van der Waals surface area contributed by atoms with E-state index in [1.165, 1.54) is 11.7 Å². The van der Waals surface area contributed by atoms with Gasteiger partial charge in [-0.25, -0.2) is 0 Å². The van der Waals surface area contributed by atoms with Crippen LogP contribution in [0.25, 0.3) is 11.6 Å². The van der Waals surface area contributed by atoms with Gasteiger partial charge in [0.05, 0.1) is 11.1 Å². The number of carbonyl (C=O) groups is 1. The normalized spacial score (nSPS) is 12.7. The first kappa shape index (κ1) is 21.6. The van der Waals surface area contributed by atoms with Crippen molar-refractivity contribution in [2.45, 2.75) is 19.9 Å². The van der Waals surface area contributed by atoms with Crippen molar-refractivity contribution < 1.29 is 18.7 Å². The van der Waals surface area contributed by atoms with Crippen LogP contribution in [0.4, 0.5) is 0 Å². The summed E-state index contributed by atoms with van der Waals surface area (Å²) >= 11 is 1.09. The Morgan fingerprint density at radius 3 is 2.71 bits per heavy atom. The van der Waals surface area contributed by atoms with Gasteiger partial charge in [0.2, 0.25) is 0 Å². The first-order valence-corrected chi connectivity index (χ1v) is 9.51. The van der Waals surface area contributed by atoms with E-state index in [-0.39, 0.29) is 17.7 Å². The van der Waals surface area contributed by atoms with E-state index in [1.807, 2.05) is 13.0 Å². The molecule has 8 nitrogen and oxygen atoms in total. The average Bonchev–Trinajstić information content (AvgIpc) is 3.21. The molecule has 0 spiro atoms. The fraction of sp³-hybridized carbons (Fsp3) is 0.421. The largest absolute Gasteiger partial charge is 0.462 e. The zero-order chi connectivity index (χ0) is 20.5. The number of rotatable bonds is 9. The summed E-state index contributed by atoms with van der Waals surface area (Å²) in [6.45, 7) is 3.20. The van der Waals surface area contributed by atoms with E-state index >= 15 is 0 Å². The van der Waals surface area contributed by atoms with E-state index in [9.17, 15) is 14.9 Å². The second-order valence-electron chi connectivity index (χ2n) is 5.90. The first-order chi connectivity index (χ1) is 13.5. The molecule has 0 unspecified atom stereocenters. The van der Waals surface area contributed by atoms with Crippen LogP contribution in [0.1, 0.15) is 17.9 Å². The molecular formula is C19H23N3O5S. The SMILES string of the molecule is COCCCn1c(=O)/c(=C\c2ccc(C)o2)s/c1=C(/C#N)C(=O)NCCOC. The first-order valence-electron chi connectivity index (χ1n) is 8.70. The van der Waals surface area contributed by atoms with E-state index in [0.29, 0.717) is 41.1 Å². The van der Waals surface area contributed by atoms with E-state index in [1.54, 1.807) is 25.3 Å². The molecule has 0 radical (unpaired) electrons. The lowest BCUT2D eigenvalue weighted by atomic mass is 10.3. The van der Waals surface area contributed by atoms with Crippen molar-refractivity contribution in [1.82, 2.24) is 9.88 Å². The van der Waals surface area contributed by atoms with Gasteiger partial charge in [-0.15, -0.1) is 11.3 Å². The number of aromatic nitrogens is 1. The number of nitrogens with zero attached hydrogens (tertiary/aromatic N) is 2. The lowest BCUT2D eigenvalue weighted by Gasteiger charge is -2.05. The van der Waals surface area contributed by atoms with Crippen LogP contribution in [0, 0.1) is 18.3 Å². The van der Waals surface area contributed by atoms with Gasteiger partial charge in [0.15, 0.2) is 5.57 Å². The maximum absolute atomic E-state index is 12.9. The molecule has 9 heteroatoms. The molecule has 2 aromatic rings. The lowest BCUT2D eigenvalue weighted by Crippen LogP contribution is -2.35. The standard InChI is InChI=1S/C19H23N3O5S/c1-13-5-6-14(27-13)11-16-18(24)22(8-4-9-25-2)19(28-16)15(12-20)17(23)21-7-10-26-3/h5-6,11H,4,7-10H2,1-3H3,(H,21,23)/b16-11+,19-15-. The molecule has 2 rings (SSSR count). The van der Waals surface area contributed by atoms with Crippen LogP contribution in [0.3, 0.4) is 0 Å². The molecule has 0 atom stereocenters. The molecule has 28 heavy (non-hydrogen) atoms. The number of nitriles is 1. The Kier molecular flexibility index (Phi) is 8.19. The number of thiazole rings is 1. The molecule has 0 bridgehead atoms.